The first kappa shape index (κ1) is 43.6. The number of hydrogen-bond acceptors (Lipinski definition) is 8. The minimum Gasteiger partial charge on any atom is -0.465 e. The van der Waals surface area contributed by atoms with Crippen molar-refractivity contribution in [1.82, 2.24) is 15.1 Å². The summed E-state index contributed by atoms with van der Waals surface area (Å²) in [6.45, 7) is 7.88. The third-order valence-electron chi connectivity index (χ3n) is 11.4. The van der Waals surface area contributed by atoms with Crippen LogP contribution in [0.5, 0.6) is 0 Å². The van der Waals surface area contributed by atoms with Crippen LogP contribution in [0.2, 0.25) is 20.1 Å². The third kappa shape index (κ3) is 9.09. The first-order valence-corrected chi connectivity index (χ1v) is 21.3. The average Bonchev–Trinajstić information content (AvgIpc) is 4.14. The summed E-state index contributed by atoms with van der Waals surface area (Å²) in [5.74, 6) is -0.165. The molecule has 3 fully saturated rings. The molecular formula is C46H46Cl4N4O6. The van der Waals surface area contributed by atoms with Gasteiger partial charge in [0.25, 0.3) is 5.91 Å². The summed E-state index contributed by atoms with van der Waals surface area (Å²) in [5.41, 5.74) is 3.40. The van der Waals surface area contributed by atoms with E-state index in [2.05, 4.69) is 5.32 Å². The van der Waals surface area contributed by atoms with Crippen LogP contribution >= 0.6 is 46.4 Å². The van der Waals surface area contributed by atoms with Crippen LogP contribution in [-0.4, -0.2) is 64.8 Å². The van der Waals surface area contributed by atoms with Crippen molar-refractivity contribution in [2.45, 2.75) is 82.8 Å². The molecule has 2 aliphatic carbocycles. The zero-order valence-corrected chi connectivity index (χ0v) is 37.1. The Balaban J connectivity index is 0.000000181. The van der Waals surface area contributed by atoms with Crippen LogP contribution in [0.1, 0.15) is 114 Å². The fourth-order valence-corrected chi connectivity index (χ4v) is 9.46. The van der Waals surface area contributed by atoms with Gasteiger partial charge in [0.1, 0.15) is 17.4 Å². The molecule has 60 heavy (non-hydrogen) atoms. The quantitative estimate of drug-likeness (QED) is 0.158. The van der Waals surface area contributed by atoms with E-state index in [1.54, 1.807) is 60.7 Å². The number of carbonyl (C=O) groups is 4. The maximum atomic E-state index is 13.6. The number of hydrogen-bond donors (Lipinski definition) is 1. The van der Waals surface area contributed by atoms with Crippen molar-refractivity contribution in [2.75, 3.05) is 14.2 Å². The van der Waals surface area contributed by atoms with Gasteiger partial charge in [-0.3, -0.25) is 19.9 Å². The van der Waals surface area contributed by atoms with E-state index in [1.807, 2.05) is 61.8 Å². The standard InChI is InChI=1S/C23H24Cl2N2O3.C23H22Cl2N2O3/c2*1-23(2)26-19(16-10-17(24)12-18(25)11-16)21(28)27(23)20(13-4-5-13)14-6-8-15(9-7-14)22(29)30-3/h6-13,19-20,26H,4-5H2,1-3H3;6-13,20H,4-5H2,1-3H3/t19?,20-;20-/m11/s1. The minimum absolute atomic E-state index is 0.00715. The molecule has 2 aliphatic heterocycles. The van der Waals surface area contributed by atoms with Gasteiger partial charge in [-0.25, -0.2) is 9.59 Å². The Bertz CT molecular complexity index is 2250. The van der Waals surface area contributed by atoms with Crippen molar-refractivity contribution in [3.8, 4) is 0 Å². The highest BCUT2D eigenvalue weighted by atomic mass is 35.5. The Hall–Kier alpha value is -4.45. The van der Waals surface area contributed by atoms with Crippen LogP contribution in [0.15, 0.2) is 89.9 Å². The summed E-state index contributed by atoms with van der Waals surface area (Å²) in [7, 11) is 2.72. The Labute approximate surface area is 370 Å². The van der Waals surface area contributed by atoms with Gasteiger partial charge in [-0.05, 0) is 143 Å². The largest absolute Gasteiger partial charge is 0.465 e. The molecule has 10 nitrogen and oxygen atoms in total. The van der Waals surface area contributed by atoms with Gasteiger partial charge >= 0.3 is 11.9 Å². The molecule has 3 atom stereocenters. The van der Waals surface area contributed by atoms with E-state index in [0.29, 0.717) is 54.3 Å². The number of methoxy groups -OCH3 is 2. The number of ether oxygens (including phenoxy) is 2. The molecule has 0 spiro atoms. The van der Waals surface area contributed by atoms with Gasteiger partial charge in [-0.15, -0.1) is 0 Å². The van der Waals surface area contributed by atoms with Crippen LogP contribution in [0.3, 0.4) is 0 Å². The first-order chi connectivity index (χ1) is 28.4. The molecule has 2 amide bonds. The second-order valence-electron chi connectivity index (χ2n) is 16.6. The fraction of sp³-hybridized carbons (Fsp3) is 0.370. The third-order valence-corrected chi connectivity index (χ3v) is 12.2. The number of amides is 2. The normalized spacial score (nSPS) is 20.2. The lowest BCUT2D eigenvalue weighted by Crippen LogP contribution is -2.49. The topological polar surface area (TPSA) is 118 Å². The second kappa shape index (κ2) is 17.1. The first-order valence-electron chi connectivity index (χ1n) is 19.8. The van der Waals surface area contributed by atoms with E-state index in [0.717, 1.165) is 42.4 Å². The lowest BCUT2D eigenvalue weighted by molar-refractivity contribution is -0.135. The van der Waals surface area contributed by atoms with Gasteiger partial charge < -0.3 is 19.3 Å². The number of rotatable bonds is 10. The van der Waals surface area contributed by atoms with Crippen LogP contribution in [0.25, 0.3) is 0 Å². The zero-order valence-electron chi connectivity index (χ0n) is 34.1. The van der Waals surface area contributed by atoms with Gasteiger partial charge in [-0.2, -0.15) is 0 Å². The summed E-state index contributed by atoms with van der Waals surface area (Å²) >= 11 is 24.7. The fourth-order valence-electron chi connectivity index (χ4n) is 8.39. The van der Waals surface area contributed by atoms with E-state index in [-0.39, 0.29) is 35.8 Å². The second-order valence-corrected chi connectivity index (χ2v) is 18.4. The van der Waals surface area contributed by atoms with Gasteiger partial charge in [-0.1, -0.05) is 70.7 Å². The lowest BCUT2D eigenvalue weighted by atomic mass is 9.96. The predicted octanol–water partition coefficient (Wildman–Crippen LogP) is 10.4. The number of esters is 2. The van der Waals surface area contributed by atoms with Gasteiger partial charge in [0.2, 0.25) is 5.91 Å². The molecule has 314 valence electrons. The Kier molecular flexibility index (Phi) is 12.5. The molecule has 0 aromatic heterocycles. The highest BCUT2D eigenvalue weighted by Gasteiger charge is 2.52. The summed E-state index contributed by atoms with van der Waals surface area (Å²) in [5, 5.41) is 5.38. The number of benzene rings is 4. The highest BCUT2D eigenvalue weighted by Crippen LogP contribution is 2.51. The number of halogens is 4. The summed E-state index contributed by atoms with van der Waals surface area (Å²) in [6.07, 6.45) is 4.22. The molecule has 0 radical (unpaired) electrons. The molecule has 1 N–H and O–H groups in total. The Morgan fingerprint density at radius 1 is 0.667 bits per heavy atom. The lowest BCUT2D eigenvalue weighted by Gasteiger charge is -2.38. The zero-order chi connectivity index (χ0) is 43.3. The maximum Gasteiger partial charge on any atom is 0.337 e. The van der Waals surface area contributed by atoms with Crippen LogP contribution in [-0.2, 0) is 19.1 Å². The van der Waals surface area contributed by atoms with E-state index in [9.17, 15) is 19.2 Å². The smallest absolute Gasteiger partial charge is 0.337 e. The monoisotopic (exact) mass is 890 g/mol. The van der Waals surface area contributed by atoms with Gasteiger partial charge in [0, 0.05) is 25.7 Å². The Morgan fingerprint density at radius 3 is 1.50 bits per heavy atom. The molecule has 4 aromatic carbocycles. The van der Waals surface area contributed by atoms with E-state index in [4.69, 9.17) is 60.9 Å². The minimum atomic E-state index is -0.727. The Morgan fingerprint density at radius 2 is 1.08 bits per heavy atom. The molecule has 2 saturated carbocycles. The van der Waals surface area contributed by atoms with Crippen LogP contribution < -0.4 is 5.32 Å². The molecule has 4 aromatic rings. The van der Waals surface area contributed by atoms with Crippen molar-refractivity contribution in [2.24, 2.45) is 16.8 Å². The highest BCUT2D eigenvalue weighted by molar-refractivity contribution is 6.47. The number of nitrogens with zero attached hydrogens (tertiary/aromatic N) is 3. The SMILES string of the molecule is COC(=O)c1ccc([C@@H](C2CC2)N2C(=O)C(c3cc(Cl)cc(Cl)c3)=NC2(C)C)cc1.COC(=O)c1ccc([C@@H](C2CC2)N2C(=O)C(c3cc(Cl)cc(Cl)c3)NC2(C)C)cc1. The molecular weight excluding hydrogens is 846 g/mol. The molecule has 2 heterocycles. The van der Waals surface area contributed by atoms with E-state index < -0.39 is 17.4 Å². The number of aliphatic imine (C=N–C) groups is 1. The van der Waals surface area contributed by atoms with E-state index >= 15 is 0 Å². The average molecular weight is 893 g/mol. The molecule has 1 unspecified atom stereocenters. The molecule has 1 saturated heterocycles. The van der Waals surface area contributed by atoms with Gasteiger partial charge in [0.05, 0.1) is 43.1 Å². The summed E-state index contributed by atoms with van der Waals surface area (Å²) < 4.78 is 9.58. The van der Waals surface area contributed by atoms with Crippen molar-refractivity contribution in [3.63, 3.8) is 0 Å². The number of nitrogens with one attached hydrogen (secondary N) is 1. The maximum absolute atomic E-state index is 13.6. The van der Waals surface area contributed by atoms with Crippen molar-refractivity contribution in [3.05, 3.63) is 138 Å². The van der Waals surface area contributed by atoms with E-state index in [1.165, 1.54) is 14.2 Å². The van der Waals surface area contributed by atoms with Crippen molar-refractivity contribution >= 4 is 75.9 Å². The molecule has 14 heteroatoms. The van der Waals surface area contributed by atoms with Crippen LogP contribution in [0.4, 0.5) is 0 Å². The predicted molar refractivity (Wildman–Crippen MR) is 234 cm³/mol. The molecule has 8 rings (SSSR count). The molecule has 4 aliphatic rings. The van der Waals surface area contributed by atoms with Crippen molar-refractivity contribution in [1.29, 1.82) is 0 Å². The van der Waals surface area contributed by atoms with Crippen LogP contribution in [0, 0.1) is 11.8 Å². The summed E-state index contributed by atoms with van der Waals surface area (Å²) in [6, 6.07) is 24.2. The summed E-state index contributed by atoms with van der Waals surface area (Å²) in [4.78, 5) is 59.3. The van der Waals surface area contributed by atoms with Crippen molar-refractivity contribution < 1.29 is 28.7 Å². The number of carbonyl (C=O) groups excluding carboxylic acids is 4. The van der Waals surface area contributed by atoms with Gasteiger partial charge in [0.15, 0.2) is 0 Å². The molecule has 0 bridgehead atoms.